The van der Waals surface area contributed by atoms with Gasteiger partial charge < -0.3 is 0 Å². The molecule has 0 spiro atoms. The van der Waals surface area contributed by atoms with E-state index in [1.54, 1.807) is 12.1 Å². The lowest BCUT2D eigenvalue weighted by atomic mass is 10.1. The number of hydrogen-bond acceptors (Lipinski definition) is 2. The number of halogens is 1. The van der Waals surface area contributed by atoms with Crippen LogP contribution in [0.2, 0.25) is 0 Å². The Hall–Kier alpha value is -1.16. The van der Waals surface area contributed by atoms with Gasteiger partial charge in [0.2, 0.25) is 0 Å². The maximum Gasteiger partial charge on any atom is 0.261 e. The molecular weight excluding hydrogens is 366 g/mol. The lowest BCUT2D eigenvalue weighted by Crippen LogP contribution is -2.30. The number of amides is 2. The number of nitrogens with zero attached hydrogens (tertiary/aromatic N) is 1. The fraction of sp³-hybridized carbons (Fsp3) is 0.600. The van der Waals surface area contributed by atoms with Crippen LogP contribution in [0.5, 0.6) is 0 Å². The first-order chi connectivity index (χ1) is 11.8. The maximum atomic E-state index is 12.2. The van der Waals surface area contributed by atoms with Crippen LogP contribution in [0.15, 0.2) is 24.3 Å². The summed E-state index contributed by atoms with van der Waals surface area (Å²) in [5.41, 5.74) is 1.12. The Morgan fingerprint density at radius 3 is 1.54 bits per heavy atom. The van der Waals surface area contributed by atoms with Crippen LogP contribution in [-0.4, -0.2) is 28.6 Å². The molecule has 1 aliphatic heterocycles. The van der Waals surface area contributed by atoms with Gasteiger partial charge in [-0.05, 0) is 25.0 Å². The van der Waals surface area contributed by atoms with Crippen molar-refractivity contribution < 1.29 is 9.59 Å². The lowest BCUT2D eigenvalue weighted by molar-refractivity contribution is 0.0651. The van der Waals surface area contributed by atoms with Gasteiger partial charge in [-0.1, -0.05) is 79.4 Å². The Bertz CT molecular complexity index is 509. The molecule has 0 saturated heterocycles. The van der Waals surface area contributed by atoms with Gasteiger partial charge in [0.05, 0.1) is 11.1 Å². The van der Waals surface area contributed by atoms with E-state index in [0.717, 1.165) is 18.2 Å². The molecule has 0 aromatic heterocycles. The molecule has 2 rings (SSSR count). The molecule has 0 unspecified atom stereocenters. The number of imide groups is 1. The quantitative estimate of drug-likeness (QED) is 0.264. The van der Waals surface area contributed by atoms with E-state index in [4.69, 9.17) is 0 Å². The summed E-state index contributed by atoms with van der Waals surface area (Å²) in [5.74, 6) is -0.252. The summed E-state index contributed by atoms with van der Waals surface area (Å²) >= 11 is 3.46. The summed E-state index contributed by atoms with van der Waals surface area (Å²) in [6, 6.07) is 7.11. The van der Waals surface area contributed by atoms with Crippen LogP contribution in [0.3, 0.4) is 0 Å². The highest BCUT2D eigenvalue weighted by molar-refractivity contribution is 9.09. The van der Waals surface area contributed by atoms with Crippen LogP contribution >= 0.6 is 15.9 Å². The van der Waals surface area contributed by atoms with Crippen LogP contribution in [0, 0.1) is 0 Å². The first-order valence-electron chi connectivity index (χ1n) is 9.27. The van der Waals surface area contributed by atoms with Gasteiger partial charge in [0.1, 0.15) is 0 Å². The summed E-state index contributed by atoms with van der Waals surface area (Å²) in [4.78, 5) is 25.9. The number of carbonyl (C=O) groups excluding carboxylic acids is 2. The molecule has 2 amide bonds. The number of unbranched alkanes of at least 4 members (excludes halogenated alkanes) is 9. The fourth-order valence-electron chi connectivity index (χ4n) is 3.22. The Morgan fingerprint density at radius 1 is 0.667 bits per heavy atom. The molecule has 0 N–H and O–H groups in total. The fourth-order valence-corrected chi connectivity index (χ4v) is 3.62. The van der Waals surface area contributed by atoms with Crippen molar-refractivity contribution in [2.45, 2.75) is 64.2 Å². The maximum absolute atomic E-state index is 12.2. The van der Waals surface area contributed by atoms with E-state index in [-0.39, 0.29) is 11.8 Å². The zero-order chi connectivity index (χ0) is 17.2. The molecule has 1 aromatic rings. The molecule has 0 aliphatic carbocycles. The molecule has 1 aliphatic rings. The molecule has 3 nitrogen and oxygen atoms in total. The van der Waals surface area contributed by atoms with E-state index in [9.17, 15) is 9.59 Å². The molecule has 0 atom stereocenters. The van der Waals surface area contributed by atoms with Crippen molar-refractivity contribution in [3.05, 3.63) is 35.4 Å². The Labute approximate surface area is 153 Å². The zero-order valence-corrected chi connectivity index (χ0v) is 16.0. The topological polar surface area (TPSA) is 37.4 Å². The van der Waals surface area contributed by atoms with Crippen molar-refractivity contribution in [2.24, 2.45) is 0 Å². The van der Waals surface area contributed by atoms with E-state index < -0.39 is 0 Å². The van der Waals surface area contributed by atoms with Gasteiger partial charge >= 0.3 is 0 Å². The van der Waals surface area contributed by atoms with Crippen LogP contribution in [0.4, 0.5) is 0 Å². The predicted molar refractivity (Wildman–Crippen MR) is 102 cm³/mol. The molecule has 24 heavy (non-hydrogen) atoms. The first kappa shape index (κ1) is 19.2. The van der Waals surface area contributed by atoms with Crippen LogP contribution in [0.1, 0.15) is 84.9 Å². The minimum Gasteiger partial charge on any atom is -0.274 e. The van der Waals surface area contributed by atoms with Gasteiger partial charge in [0, 0.05) is 11.9 Å². The second-order valence-corrected chi connectivity index (χ2v) is 7.33. The summed E-state index contributed by atoms with van der Waals surface area (Å²) in [7, 11) is 0. The second-order valence-electron chi connectivity index (χ2n) is 6.53. The van der Waals surface area contributed by atoms with Crippen LogP contribution in [0.25, 0.3) is 0 Å². The van der Waals surface area contributed by atoms with Gasteiger partial charge in [-0.2, -0.15) is 0 Å². The highest BCUT2D eigenvalue weighted by atomic mass is 79.9. The average Bonchev–Trinajstić information content (AvgIpc) is 2.84. The highest BCUT2D eigenvalue weighted by Crippen LogP contribution is 2.23. The van der Waals surface area contributed by atoms with Gasteiger partial charge in [0.25, 0.3) is 11.8 Å². The van der Waals surface area contributed by atoms with E-state index in [2.05, 4.69) is 15.9 Å². The molecule has 132 valence electrons. The first-order valence-corrected chi connectivity index (χ1v) is 10.4. The Balaban J connectivity index is 1.53. The van der Waals surface area contributed by atoms with E-state index >= 15 is 0 Å². The minimum absolute atomic E-state index is 0.126. The van der Waals surface area contributed by atoms with Crippen molar-refractivity contribution >= 4 is 27.7 Å². The van der Waals surface area contributed by atoms with E-state index in [1.807, 2.05) is 12.1 Å². The number of rotatable bonds is 12. The molecule has 1 heterocycles. The lowest BCUT2D eigenvalue weighted by Gasteiger charge is -2.13. The molecular formula is C20H28BrNO2. The highest BCUT2D eigenvalue weighted by Gasteiger charge is 2.34. The van der Waals surface area contributed by atoms with Crippen LogP contribution < -0.4 is 0 Å². The SMILES string of the molecule is O=C1c2ccccc2C(=O)N1CCCCCCCCCCCCBr. The van der Waals surface area contributed by atoms with Gasteiger partial charge in [-0.25, -0.2) is 0 Å². The van der Waals surface area contributed by atoms with Crippen molar-refractivity contribution in [1.82, 2.24) is 4.90 Å². The molecule has 0 bridgehead atoms. The third-order valence-electron chi connectivity index (χ3n) is 4.64. The van der Waals surface area contributed by atoms with E-state index in [1.165, 1.54) is 56.3 Å². The largest absolute Gasteiger partial charge is 0.274 e. The van der Waals surface area contributed by atoms with Crippen molar-refractivity contribution in [2.75, 3.05) is 11.9 Å². The normalized spacial score (nSPS) is 13.6. The molecule has 0 saturated carbocycles. The monoisotopic (exact) mass is 393 g/mol. The second kappa shape index (κ2) is 10.7. The van der Waals surface area contributed by atoms with Crippen molar-refractivity contribution in [3.8, 4) is 0 Å². The minimum atomic E-state index is -0.126. The zero-order valence-electron chi connectivity index (χ0n) is 14.4. The van der Waals surface area contributed by atoms with Gasteiger partial charge in [-0.3, -0.25) is 14.5 Å². The summed E-state index contributed by atoms with van der Waals surface area (Å²) < 4.78 is 0. The molecule has 1 aromatic carbocycles. The molecule has 0 radical (unpaired) electrons. The Morgan fingerprint density at radius 2 is 1.08 bits per heavy atom. The third kappa shape index (κ3) is 5.44. The number of fused-ring (bicyclic) bond motifs is 1. The third-order valence-corrected chi connectivity index (χ3v) is 5.20. The van der Waals surface area contributed by atoms with Crippen molar-refractivity contribution in [1.29, 1.82) is 0 Å². The number of alkyl halides is 1. The van der Waals surface area contributed by atoms with Gasteiger partial charge in [0.15, 0.2) is 0 Å². The van der Waals surface area contributed by atoms with Crippen LogP contribution in [-0.2, 0) is 0 Å². The summed E-state index contributed by atoms with van der Waals surface area (Å²) in [5, 5.41) is 1.13. The standard InChI is InChI=1S/C20H28BrNO2/c21-15-11-7-5-3-1-2-4-6-8-12-16-22-19(23)17-13-9-10-14-18(17)20(22)24/h9-10,13-14H,1-8,11-12,15-16H2. The molecule has 0 fully saturated rings. The smallest absolute Gasteiger partial charge is 0.261 e. The molecule has 4 heteroatoms. The number of hydrogen-bond donors (Lipinski definition) is 0. The predicted octanol–water partition coefficient (Wildman–Crippen LogP) is 5.58. The Kier molecular flexibility index (Phi) is 8.51. The summed E-state index contributed by atoms with van der Waals surface area (Å²) in [6.07, 6.45) is 12.4. The number of carbonyl (C=O) groups is 2. The summed E-state index contributed by atoms with van der Waals surface area (Å²) in [6.45, 7) is 0.554. The average molecular weight is 394 g/mol. The van der Waals surface area contributed by atoms with Crippen molar-refractivity contribution in [3.63, 3.8) is 0 Å². The van der Waals surface area contributed by atoms with E-state index in [0.29, 0.717) is 17.7 Å². The number of benzene rings is 1. The van der Waals surface area contributed by atoms with Gasteiger partial charge in [-0.15, -0.1) is 0 Å².